The van der Waals surface area contributed by atoms with Gasteiger partial charge in [-0.2, -0.15) is 0 Å². The summed E-state index contributed by atoms with van der Waals surface area (Å²) >= 11 is 0. The molecule has 168 valence electrons. The minimum atomic E-state index is -0.583. The number of non-ortho nitro benzene ring substituents is 1. The molecule has 1 amide bonds. The van der Waals surface area contributed by atoms with Crippen LogP contribution in [0.25, 0.3) is 0 Å². The van der Waals surface area contributed by atoms with E-state index in [0.717, 1.165) is 12.0 Å². The molecule has 0 aliphatic carbocycles. The molecule has 2 heterocycles. The quantitative estimate of drug-likeness (QED) is 0.408. The highest BCUT2D eigenvalue weighted by Crippen LogP contribution is 2.34. The average Bonchev–Trinajstić information content (AvgIpc) is 2.82. The number of carbonyl (C=O) groups is 1. The minimum absolute atomic E-state index is 0.0817. The average molecular weight is 449 g/mol. The lowest BCUT2D eigenvalue weighted by Gasteiger charge is -2.29. The number of carbonyl (C=O) groups excluding carboxylic acids is 1. The molecule has 0 saturated heterocycles. The van der Waals surface area contributed by atoms with Gasteiger partial charge in [0.1, 0.15) is 6.33 Å². The van der Waals surface area contributed by atoms with Crippen LogP contribution in [0.4, 0.5) is 23.0 Å². The van der Waals surface area contributed by atoms with Crippen molar-refractivity contribution in [2.24, 2.45) is 0 Å². The largest absolute Gasteiger partial charge is 0.355 e. The molecule has 0 unspecified atom stereocenters. The molecule has 1 aromatic heterocycles. The monoisotopic (exact) mass is 449 g/mol. The molecule has 1 aliphatic rings. The van der Waals surface area contributed by atoms with Crippen LogP contribution in [-0.2, 0) is 24.2 Å². The molecule has 0 bridgehead atoms. The van der Waals surface area contributed by atoms with E-state index < -0.39 is 15.8 Å². The minimum Gasteiger partial charge on any atom is -0.346 e. The summed E-state index contributed by atoms with van der Waals surface area (Å²) in [5.74, 6) is -0.470. The number of benzene rings is 2. The van der Waals surface area contributed by atoms with Crippen molar-refractivity contribution >= 4 is 28.9 Å². The van der Waals surface area contributed by atoms with Crippen molar-refractivity contribution in [3.63, 3.8) is 0 Å². The summed E-state index contributed by atoms with van der Waals surface area (Å²) in [5, 5.41) is 22.6. The fourth-order valence-electron chi connectivity index (χ4n) is 3.63. The van der Waals surface area contributed by atoms with E-state index in [2.05, 4.69) is 20.8 Å². The van der Waals surface area contributed by atoms with Gasteiger partial charge in [-0.25, -0.2) is 9.97 Å². The van der Waals surface area contributed by atoms with Gasteiger partial charge in [-0.3, -0.25) is 35.9 Å². The van der Waals surface area contributed by atoms with Crippen LogP contribution in [0.3, 0.4) is 0 Å². The molecular formula is C21H19N7O5. The lowest BCUT2D eigenvalue weighted by Crippen LogP contribution is -2.33. The van der Waals surface area contributed by atoms with Crippen LogP contribution in [0.5, 0.6) is 0 Å². The van der Waals surface area contributed by atoms with Crippen molar-refractivity contribution in [3.05, 3.63) is 91.8 Å². The zero-order valence-electron chi connectivity index (χ0n) is 17.3. The Labute approximate surface area is 187 Å². The predicted molar refractivity (Wildman–Crippen MR) is 118 cm³/mol. The fourth-order valence-corrected chi connectivity index (χ4v) is 3.63. The van der Waals surface area contributed by atoms with Crippen molar-refractivity contribution < 1.29 is 14.6 Å². The molecule has 0 fully saturated rings. The number of fused-ring (bicyclic) bond motifs is 1. The highest BCUT2D eigenvalue weighted by atomic mass is 16.6. The second kappa shape index (κ2) is 9.26. The number of hydrogen-bond donors (Lipinski definition) is 2. The number of nitro benzene ring substituents is 1. The fraction of sp³-hybridized carbons (Fsp3) is 0.190. The molecule has 33 heavy (non-hydrogen) atoms. The topological polar surface area (TPSA) is 156 Å². The molecule has 12 nitrogen and oxygen atoms in total. The van der Waals surface area contributed by atoms with Crippen molar-refractivity contribution in [2.75, 3.05) is 16.9 Å². The number of amides is 1. The Morgan fingerprint density at radius 1 is 1.00 bits per heavy atom. The van der Waals surface area contributed by atoms with Crippen molar-refractivity contribution in [1.29, 1.82) is 0 Å². The Balaban J connectivity index is 1.47. The highest BCUT2D eigenvalue weighted by Gasteiger charge is 2.29. The normalized spacial score (nSPS) is 12.5. The SMILES string of the molecule is O=C(Cc1ccc([N+](=O)[O-])cc1)NNc1ncnc(N2CCc3ccccc3C2)c1[N+](=O)[O-]. The Morgan fingerprint density at radius 3 is 2.42 bits per heavy atom. The van der Waals surface area contributed by atoms with Crippen LogP contribution in [0.15, 0.2) is 54.9 Å². The van der Waals surface area contributed by atoms with Gasteiger partial charge in [0.05, 0.1) is 16.3 Å². The number of anilines is 2. The molecule has 0 atom stereocenters. The lowest BCUT2D eigenvalue weighted by molar-refractivity contribution is -0.384. The molecular weight excluding hydrogens is 430 g/mol. The number of rotatable bonds is 7. The third kappa shape index (κ3) is 4.84. The van der Waals surface area contributed by atoms with Gasteiger partial charge in [-0.05, 0) is 23.1 Å². The summed E-state index contributed by atoms with van der Waals surface area (Å²) < 4.78 is 0. The maximum absolute atomic E-state index is 12.3. The van der Waals surface area contributed by atoms with E-state index in [0.29, 0.717) is 18.7 Å². The number of nitrogens with zero attached hydrogens (tertiary/aromatic N) is 5. The number of hydrazine groups is 1. The third-order valence-electron chi connectivity index (χ3n) is 5.25. The zero-order valence-corrected chi connectivity index (χ0v) is 17.3. The summed E-state index contributed by atoms with van der Waals surface area (Å²) in [5.41, 5.74) is 7.30. The molecule has 1 aliphatic heterocycles. The number of hydrogen-bond acceptors (Lipinski definition) is 9. The standard InChI is InChI=1S/C21H19N7O5/c29-18(11-14-5-7-17(8-6-14)27(30)31)24-25-20-19(28(32)33)21(23-13-22-20)26-10-9-15-3-1-2-4-16(15)12-26/h1-8,13H,9-12H2,(H,24,29)(H,22,23,25). The van der Waals surface area contributed by atoms with Gasteiger partial charge in [0, 0.05) is 25.2 Å². The molecule has 12 heteroatoms. The van der Waals surface area contributed by atoms with Crippen LogP contribution in [0, 0.1) is 20.2 Å². The first-order valence-corrected chi connectivity index (χ1v) is 10.0. The van der Waals surface area contributed by atoms with Crippen LogP contribution in [-0.4, -0.2) is 32.3 Å². The van der Waals surface area contributed by atoms with E-state index in [1.165, 1.54) is 36.2 Å². The van der Waals surface area contributed by atoms with Gasteiger partial charge >= 0.3 is 5.69 Å². The number of aromatic nitrogens is 2. The Bertz CT molecular complexity index is 1220. The number of nitro groups is 2. The Kier molecular flexibility index (Phi) is 6.06. The van der Waals surface area contributed by atoms with Crippen molar-refractivity contribution in [2.45, 2.75) is 19.4 Å². The first-order valence-electron chi connectivity index (χ1n) is 10.0. The Hall–Kier alpha value is -4.61. The summed E-state index contributed by atoms with van der Waals surface area (Å²) in [6, 6.07) is 13.4. The first kappa shape index (κ1) is 21.6. The van der Waals surface area contributed by atoms with Gasteiger partial charge in [-0.1, -0.05) is 36.4 Å². The maximum atomic E-state index is 12.3. The van der Waals surface area contributed by atoms with Crippen molar-refractivity contribution in [1.82, 2.24) is 15.4 Å². The van der Waals surface area contributed by atoms with Crippen LogP contribution in [0.2, 0.25) is 0 Å². The van der Waals surface area contributed by atoms with Gasteiger partial charge in [0.15, 0.2) is 0 Å². The number of nitrogens with one attached hydrogen (secondary N) is 2. The predicted octanol–water partition coefficient (Wildman–Crippen LogP) is 2.54. The molecule has 3 aromatic rings. The van der Waals surface area contributed by atoms with Gasteiger partial charge in [0.25, 0.3) is 5.69 Å². The highest BCUT2D eigenvalue weighted by molar-refractivity contribution is 5.81. The van der Waals surface area contributed by atoms with Crippen LogP contribution in [0.1, 0.15) is 16.7 Å². The maximum Gasteiger partial charge on any atom is 0.355 e. The summed E-state index contributed by atoms with van der Waals surface area (Å²) in [6.45, 7) is 1.03. The molecule has 0 radical (unpaired) electrons. The van der Waals surface area contributed by atoms with Crippen LogP contribution < -0.4 is 15.8 Å². The Morgan fingerprint density at radius 2 is 1.73 bits per heavy atom. The van der Waals surface area contributed by atoms with E-state index in [9.17, 15) is 25.0 Å². The zero-order chi connectivity index (χ0) is 23.4. The van der Waals surface area contributed by atoms with Gasteiger partial charge in [0.2, 0.25) is 17.5 Å². The first-order chi connectivity index (χ1) is 15.9. The molecule has 2 N–H and O–H groups in total. The van der Waals surface area contributed by atoms with E-state index >= 15 is 0 Å². The second-order valence-electron chi connectivity index (χ2n) is 7.37. The van der Waals surface area contributed by atoms with Crippen molar-refractivity contribution in [3.8, 4) is 0 Å². The van der Waals surface area contributed by atoms with E-state index in [4.69, 9.17) is 0 Å². The second-order valence-corrected chi connectivity index (χ2v) is 7.37. The van der Waals surface area contributed by atoms with Crippen LogP contribution >= 0.6 is 0 Å². The molecule has 4 rings (SSSR count). The van der Waals surface area contributed by atoms with Gasteiger partial charge in [-0.15, -0.1) is 0 Å². The summed E-state index contributed by atoms with van der Waals surface area (Å²) in [7, 11) is 0. The third-order valence-corrected chi connectivity index (χ3v) is 5.25. The van der Waals surface area contributed by atoms with E-state index in [1.54, 1.807) is 0 Å². The summed E-state index contributed by atoms with van der Waals surface area (Å²) in [6.07, 6.45) is 1.85. The smallest absolute Gasteiger partial charge is 0.346 e. The molecule has 0 spiro atoms. The van der Waals surface area contributed by atoms with Gasteiger partial charge < -0.3 is 4.90 Å². The van der Waals surface area contributed by atoms with E-state index in [-0.39, 0.29) is 29.4 Å². The molecule has 0 saturated carbocycles. The lowest BCUT2D eigenvalue weighted by atomic mass is 10.00. The molecule has 2 aromatic carbocycles. The van der Waals surface area contributed by atoms with E-state index in [1.807, 2.05) is 29.2 Å². The summed E-state index contributed by atoms with van der Waals surface area (Å²) in [4.78, 5) is 43.6.